The number of rotatable bonds is 4. The molecule has 22 heavy (non-hydrogen) atoms. The fraction of sp³-hybridized carbons (Fsp3) is 0.167. The summed E-state index contributed by atoms with van der Waals surface area (Å²) < 4.78 is 39.9. The Labute approximate surface area is 133 Å². The van der Waals surface area contributed by atoms with Gasteiger partial charge in [0.05, 0.1) is 11.0 Å². The Hall–Kier alpha value is -1.84. The average Bonchev–Trinajstić information content (AvgIpc) is 2.86. The molecule has 0 aliphatic carbocycles. The highest BCUT2D eigenvalue weighted by Gasteiger charge is 2.31. The molecule has 0 saturated heterocycles. The number of benzene rings is 1. The minimum Gasteiger partial charge on any atom is -0.406 e. The quantitative estimate of drug-likeness (QED) is 0.664. The summed E-state index contributed by atoms with van der Waals surface area (Å²) in [4.78, 5) is 10.6. The van der Waals surface area contributed by atoms with Crippen LogP contribution in [0.25, 0.3) is 0 Å². The van der Waals surface area contributed by atoms with Gasteiger partial charge < -0.3 is 10.5 Å². The van der Waals surface area contributed by atoms with Crippen LogP contribution in [0.4, 0.5) is 18.2 Å². The Balaban J connectivity index is 0.00000242. The van der Waals surface area contributed by atoms with Crippen molar-refractivity contribution in [2.45, 2.75) is 12.4 Å². The minimum atomic E-state index is -4.75. The van der Waals surface area contributed by atoms with E-state index in [4.69, 9.17) is 5.73 Å². The molecular formula is C12H10ClF3N2O3S. The number of nitrogens with two attached hydrogens (primary N) is 1. The fourth-order valence-electron chi connectivity index (χ4n) is 1.65. The van der Waals surface area contributed by atoms with Crippen LogP contribution in [0.3, 0.4) is 0 Å². The van der Waals surface area contributed by atoms with Crippen LogP contribution in [0.1, 0.15) is 16.5 Å². The van der Waals surface area contributed by atoms with Gasteiger partial charge in [-0.05, 0) is 23.8 Å². The molecule has 0 bridgehead atoms. The molecular weight excluding hydrogens is 345 g/mol. The van der Waals surface area contributed by atoms with Gasteiger partial charge in [0.25, 0.3) is 0 Å². The van der Waals surface area contributed by atoms with E-state index in [-0.39, 0.29) is 23.2 Å². The highest BCUT2D eigenvalue weighted by atomic mass is 35.5. The fourth-order valence-corrected chi connectivity index (χ4v) is 2.50. The van der Waals surface area contributed by atoms with Crippen molar-refractivity contribution in [3.05, 3.63) is 57.0 Å². The first-order valence-corrected chi connectivity index (χ1v) is 6.43. The van der Waals surface area contributed by atoms with Gasteiger partial charge in [0.2, 0.25) is 0 Å². The summed E-state index contributed by atoms with van der Waals surface area (Å²) in [5.74, 6) is -0.351. The van der Waals surface area contributed by atoms with Gasteiger partial charge in [-0.3, -0.25) is 10.1 Å². The van der Waals surface area contributed by atoms with Crippen LogP contribution in [-0.2, 0) is 0 Å². The molecule has 0 unspecified atom stereocenters. The maximum atomic E-state index is 12.0. The zero-order valence-electron chi connectivity index (χ0n) is 10.7. The third kappa shape index (κ3) is 4.58. The van der Waals surface area contributed by atoms with E-state index in [2.05, 4.69) is 4.74 Å². The van der Waals surface area contributed by atoms with E-state index in [1.165, 1.54) is 24.3 Å². The molecule has 0 fully saturated rings. The number of ether oxygens (including phenoxy) is 1. The van der Waals surface area contributed by atoms with E-state index in [1.54, 1.807) is 0 Å². The molecule has 1 atom stereocenters. The van der Waals surface area contributed by atoms with E-state index < -0.39 is 17.3 Å². The van der Waals surface area contributed by atoms with Crippen LogP contribution < -0.4 is 10.5 Å². The van der Waals surface area contributed by atoms with Gasteiger partial charge in [-0.15, -0.1) is 25.6 Å². The SMILES string of the molecule is Cl.N[C@@H](c1ccc(OC(F)(F)F)cc1)c1ccc([N+](=O)[O-])s1. The van der Waals surface area contributed by atoms with E-state index in [0.717, 1.165) is 23.5 Å². The lowest BCUT2D eigenvalue weighted by Crippen LogP contribution is -2.17. The Bertz CT molecular complexity index is 646. The lowest BCUT2D eigenvalue weighted by atomic mass is 10.1. The highest BCUT2D eigenvalue weighted by molar-refractivity contribution is 7.15. The average molecular weight is 355 g/mol. The molecule has 0 aliphatic rings. The predicted octanol–water partition coefficient (Wildman–Crippen LogP) is 4.02. The number of hydrogen-bond acceptors (Lipinski definition) is 5. The van der Waals surface area contributed by atoms with E-state index in [0.29, 0.717) is 10.4 Å². The monoisotopic (exact) mass is 354 g/mol. The van der Waals surface area contributed by atoms with Crippen molar-refractivity contribution in [1.82, 2.24) is 0 Å². The van der Waals surface area contributed by atoms with Crippen LogP contribution in [-0.4, -0.2) is 11.3 Å². The molecule has 2 N–H and O–H groups in total. The largest absolute Gasteiger partial charge is 0.573 e. The number of nitro groups is 1. The zero-order valence-corrected chi connectivity index (χ0v) is 12.4. The molecule has 120 valence electrons. The normalized spacial score (nSPS) is 12.4. The summed E-state index contributed by atoms with van der Waals surface area (Å²) in [5, 5.41) is 10.6. The van der Waals surface area contributed by atoms with Gasteiger partial charge in [-0.1, -0.05) is 23.5 Å². The molecule has 0 saturated carbocycles. The van der Waals surface area contributed by atoms with Gasteiger partial charge in [0.15, 0.2) is 0 Å². The molecule has 1 heterocycles. The third-order valence-electron chi connectivity index (χ3n) is 2.57. The summed E-state index contributed by atoms with van der Waals surface area (Å²) >= 11 is 0.923. The smallest absolute Gasteiger partial charge is 0.406 e. The number of hydrogen-bond donors (Lipinski definition) is 1. The van der Waals surface area contributed by atoms with E-state index >= 15 is 0 Å². The number of halogens is 4. The summed E-state index contributed by atoms with van der Waals surface area (Å²) in [6.07, 6.45) is -4.75. The Kier molecular flexibility index (Phi) is 5.75. The zero-order chi connectivity index (χ0) is 15.6. The molecule has 1 aromatic carbocycles. The first kappa shape index (κ1) is 18.2. The molecule has 2 aromatic rings. The van der Waals surface area contributed by atoms with Crippen LogP contribution in [0.15, 0.2) is 36.4 Å². The lowest BCUT2D eigenvalue weighted by molar-refractivity contribution is -0.380. The molecule has 0 amide bonds. The molecule has 0 radical (unpaired) electrons. The van der Waals surface area contributed by atoms with Crippen LogP contribution in [0, 0.1) is 10.1 Å². The highest BCUT2D eigenvalue weighted by Crippen LogP contribution is 2.32. The molecule has 5 nitrogen and oxygen atoms in total. The predicted molar refractivity (Wildman–Crippen MR) is 77.4 cm³/mol. The van der Waals surface area contributed by atoms with Crippen molar-refractivity contribution in [2.24, 2.45) is 5.73 Å². The first-order chi connectivity index (χ1) is 9.76. The number of nitrogens with zero attached hydrogens (tertiary/aromatic N) is 1. The maximum Gasteiger partial charge on any atom is 0.573 e. The van der Waals surface area contributed by atoms with E-state index in [9.17, 15) is 23.3 Å². The topological polar surface area (TPSA) is 78.4 Å². The van der Waals surface area contributed by atoms with E-state index in [1.807, 2.05) is 0 Å². The van der Waals surface area contributed by atoms with Gasteiger partial charge in [0.1, 0.15) is 5.75 Å². The molecule has 1 aromatic heterocycles. The van der Waals surface area contributed by atoms with Crippen molar-refractivity contribution in [3.63, 3.8) is 0 Å². The lowest BCUT2D eigenvalue weighted by Gasteiger charge is -2.12. The summed E-state index contributed by atoms with van der Waals surface area (Å²) in [5.41, 5.74) is 6.46. The summed E-state index contributed by atoms with van der Waals surface area (Å²) in [7, 11) is 0. The van der Waals surface area contributed by atoms with Crippen LogP contribution in [0.2, 0.25) is 0 Å². The van der Waals surface area contributed by atoms with Crippen LogP contribution in [0.5, 0.6) is 5.75 Å². The Morgan fingerprint density at radius 3 is 2.23 bits per heavy atom. The molecule has 0 aliphatic heterocycles. The molecule has 10 heteroatoms. The third-order valence-corrected chi connectivity index (χ3v) is 3.69. The number of alkyl halides is 3. The van der Waals surface area contributed by atoms with Crippen molar-refractivity contribution in [3.8, 4) is 5.75 Å². The summed E-state index contributed by atoms with van der Waals surface area (Å²) in [6, 6.07) is 7.27. The summed E-state index contributed by atoms with van der Waals surface area (Å²) in [6.45, 7) is 0. The van der Waals surface area contributed by atoms with Crippen LogP contribution >= 0.6 is 23.7 Å². The second-order valence-corrected chi connectivity index (χ2v) is 5.12. The number of thiophene rings is 1. The standard InChI is InChI=1S/C12H9F3N2O3S.ClH/c13-12(14,15)20-8-3-1-7(2-4-8)11(16)9-5-6-10(21-9)17(18)19;/h1-6,11H,16H2;1H/t11-;/m0./s1. The van der Waals surface area contributed by atoms with Crippen molar-refractivity contribution in [1.29, 1.82) is 0 Å². The minimum absolute atomic E-state index is 0. The maximum absolute atomic E-state index is 12.0. The van der Waals surface area contributed by atoms with Crippen molar-refractivity contribution >= 4 is 28.7 Å². The first-order valence-electron chi connectivity index (χ1n) is 5.61. The van der Waals surface area contributed by atoms with Crippen molar-refractivity contribution in [2.75, 3.05) is 0 Å². The van der Waals surface area contributed by atoms with Crippen molar-refractivity contribution < 1.29 is 22.8 Å². The Morgan fingerprint density at radius 2 is 1.77 bits per heavy atom. The second kappa shape index (κ2) is 6.95. The van der Waals surface area contributed by atoms with Gasteiger partial charge >= 0.3 is 11.4 Å². The van der Waals surface area contributed by atoms with Gasteiger partial charge in [-0.2, -0.15) is 0 Å². The molecule has 2 rings (SSSR count). The molecule has 0 spiro atoms. The second-order valence-electron chi connectivity index (χ2n) is 4.03. The Morgan fingerprint density at radius 1 is 1.18 bits per heavy atom. The van der Waals surface area contributed by atoms with Gasteiger partial charge in [0, 0.05) is 10.9 Å². The van der Waals surface area contributed by atoms with Gasteiger partial charge in [-0.25, -0.2) is 0 Å².